The normalized spacial score (nSPS) is 12.9. The molecule has 0 radical (unpaired) electrons. The predicted octanol–water partition coefficient (Wildman–Crippen LogP) is 5.74. The van der Waals surface area contributed by atoms with E-state index in [1.54, 1.807) is 49.4 Å². The van der Waals surface area contributed by atoms with Gasteiger partial charge in [0.15, 0.2) is 0 Å². The summed E-state index contributed by atoms with van der Waals surface area (Å²) in [6, 6.07) is 21.3. The van der Waals surface area contributed by atoms with E-state index in [9.17, 15) is 18.0 Å². The third kappa shape index (κ3) is 7.68. The van der Waals surface area contributed by atoms with Gasteiger partial charge in [-0.25, -0.2) is 8.42 Å². The third-order valence-corrected chi connectivity index (χ3v) is 8.95. The summed E-state index contributed by atoms with van der Waals surface area (Å²) in [7, 11) is -4.09. The lowest BCUT2D eigenvalue weighted by Gasteiger charge is -2.32. The Labute approximate surface area is 241 Å². The van der Waals surface area contributed by atoms with Crippen molar-refractivity contribution in [2.45, 2.75) is 50.7 Å². The van der Waals surface area contributed by atoms with E-state index in [4.69, 9.17) is 0 Å². The highest BCUT2D eigenvalue weighted by molar-refractivity contribution is 9.10. The first kappa shape index (κ1) is 29.9. The second kappa shape index (κ2) is 13.4. The topological polar surface area (TPSA) is 86.8 Å². The second-order valence-electron chi connectivity index (χ2n) is 8.95. The summed E-state index contributed by atoms with van der Waals surface area (Å²) in [5.41, 5.74) is 1.14. The first-order chi connectivity index (χ1) is 18.0. The molecule has 3 aromatic rings. The molecule has 2 amide bonds. The van der Waals surface area contributed by atoms with Crippen LogP contribution in [0, 0.1) is 0 Å². The van der Waals surface area contributed by atoms with E-state index >= 15 is 0 Å². The fraction of sp³-hybridized carbons (Fsp3) is 0.286. The summed E-state index contributed by atoms with van der Waals surface area (Å²) in [5, 5.41) is 2.93. The minimum Gasteiger partial charge on any atom is -0.352 e. The van der Waals surface area contributed by atoms with E-state index in [1.165, 1.54) is 17.0 Å². The highest BCUT2D eigenvalue weighted by Gasteiger charge is 2.32. The van der Waals surface area contributed by atoms with Gasteiger partial charge in [-0.05, 0) is 68.3 Å². The van der Waals surface area contributed by atoms with Crippen LogP contribution < -0.4 is 9.62 Å². The largest absolute Gasteiger partial charge is 0.352 e. The molecule has 0 saturated carbocycles. The molecule has 3 aromatic carbocycles. The molecule has 1 N–H and O–H groups in total. The van der Waals surface area contributed by atoms with Crippen molar-refractivity contribution in [2.24, 2.45) is 0 Å². The molecule has 38 heavy (non-hydrogen) atoms. The van der Waals surface area contributed by atoms with Crippen LogP contribution in [0.2, 0.25) is 0 Å². The second-order valence-corrected chi connectivity index (χ2v) is 12.6. The summed E-state index contributed by atoms with van der Waals surface area (Å²) in [5.74, 6) is -0.802. The van der Waals surface area contributed by atoms with Gasteiger partial charge in [-0.3, -0.25) is 13.9 Å². The lowest BCUT2D eigenvalue weighted by molar-refractivity contribution is -0.139. The zero-order chi connectivity index (χ0) is 27.9. The van der Waals surface area contributed by atoms with Gasteiger partial charge in [0.05, 0.1) is 10.6 Å². The maximum absolute atomic E-state index is 13.9. The highest BCUT2D eigenvalue weighted by Crippen LogP contribution is 2.27. The number of rotatable bonds is 11. The molecule has 10 heteroatoms. The molecule has 0 saturated heterocycles. The first-order valence-corrected chi connectivity index (χ1v) is 15.2. The molecule has 3 rings (SSSR count). The van der Waals surface area contributed by atoms with Gasteiger partial charge >= 0.3 is 0 Å². The van der Waals surface area contributed by atoms with Crippen molar-refractivity contribution in [1.82, 2.24) is 10.2 Å². The smallest absolute Gasteiger partial charge is 0.264 e. The molecule has 7 nitrogen and oxygen atoms in total. The van der Waals surface area contributed by atoms with Crippen LogP contribution in [0.1, 0.15) is 32.8 Å². The van der Waals surface area contributed by atoms with Gasteiger partial charge in [-0.1, -0.05) is 75.2 Å². The lowest BCUT2D eigenvalue weighted by atomic mass is 10.1. The molecule has 0 aliphatic heterocycles. The average molecular weight is 665 g/mol. The van der Waals surface area contributed by atoms with Gasteiger partial charge in [-0.15, -0.1) is 0 Å². The first-order valence-electron chi connectivity index (χ1n) is 12.2. The fourth-order valence-electron chi connectivity index (χ4n) is 3.71. The molecule has 0 unspecified atom stereocenters. The van der Waals surface area contributed by atoms with Crippen molar-refractivity contribution >= 4 is 59.4 Å². The van der Waals surface area contributed by atoms with E-state index in [0.717, 1.165) is 20.8 Å². The Morgan fingerprint density at radius 3 is 2.16 bits per heavy atom. The van der Waals surface area contributed by atoms with Gasteiger partial charge in [0, 0.05) is 21.5 Å². The SMILES string of the molecule is CC[C@H](C)NC(=O)[C@@H](C)N(Cc1ccc(Br)cc1)C(=O)CN(c1cccc(Br)c1)S(=O)(=O)c1ccccc1. The highest BCUT2D eigenvalue weighted by atomic mass is 79.9. The number of halogens is 2. The van der Waals surface area contributed by atoms with Gasteiger partial charge in [-0.2, -0.15) is 0 Å². The summed E-state index contributed by atoms with van der Waals surface area (Å²) in [4.78, 5) is 28.4. The summed E-state index contributed by atoms with van der Waals surface area (Å²) in [6.07, 6.45) is 0.741. The molecular weight excluding hydrogens is 634 g/mol. The van der Waals surface area contributed by atoms with Crippen LogP contribution in [-0.4, -0.2) is 43.8 Å². The van der Waals surface area contributed by atoms with Gasteiger partial charge in [0.1, 0.15) is 12.6 Å². The van der Waals surface area contributed by atoms with E-state index < -0.39 is 28.5 Å². The molecular formula is C28H31Br2N3O4S. The van der Waals surface area contributed by atoms with Crippen molar-refractivity contribution in [1.29, 1.82) is 0 Å². The number of hydrogen-bond donors (Lipinski definition) is 1. The van der Waals surface area contributed by atoms with Crippen molar-refractivity contribution < 1.29 is 18.0 Å². The Kier molecular flexibility index (Phi) is 10.5. The standard InChI is InChI=1S/C28H31Br2N3O4S/c1-4-20(2)31-28(35)21(3)32(18-22-13-15-23(29)16-14-22)27(34)19-33(25-10-8-9-24(30)17-25)38(36,37)26-11-6-5-7-12-26/h5-17,20-21H,4,18-19H2,1-3H3,(H,31,35)/t20-,21+/m0/s1. The Hall–Kier alpha value is -2.69. The van der Waals surface area contributed by atoms with Crippen molar-refractivity contribution in [3.05, 3.63) is 93.4 Å². The predicted molar refractivity (Wildman–Crippen MR) is 157 cm³/mol. The van der Waals surface area contributed by atoms with Gasteiger partial charge in [0.2, 0.25) is 11.8 Å². The summed E-state index contributed by atoms with van der Waals surface area (Å²) < 4.78 is 30.1. The number of hydrogen-bond acceptors (Lipinski definition) is 4. The molecule has 0 fully saturated rings. The number of amides is 2. The number of anilines is 1. The van der Waals surface area contributed by atoms with Crippen LogP contribution in [0.15, 0.2) is 92.7 Å². The molecule has 202 valence electrons. The summed E-state index contributed by atoms with van der Waals surface area (Å²) in [6.45, 7) is 5.17. The monoisotopic (exact) mass is 663 g/mol. The van der Waals surface area contributed by atoms with Crippen molar-refractivity contribution in [3.8, 4) is 0 Å². The van der Waals surface area contributed by atoms with E-state index in [1.807, 2.05) is 38.1 Å². The quantitative estimate of drug-likeness (QED) is 0.283. The summed E-state index contributed by atoms with van der Waals surface area (Å²) >= 11 is 6.81. The fourth-order valence-corrected chi connectivity index (χ4v) is 5.79. The number of sulfonamides is 1. The van der Waals surface area contributed by atoms with Crippen molar-refractivity contribution in [2.75, 3.05) is 10.8 Å². The third-order valence-electron chi connectivity index (χ3n) is 6.14. The molecule has 0 heterocycles. The zero-order valence-electron chi connectivity index (χ0n) is 21.5. The maximum Gasteiger partial charge on any atom is 0.264 e. The molecule has 0 aliphatic carbocycles. The van der Waals surface area contributed by atoms with Crippen LogP contribution in [0.5, 0.6) is 0 Å². The minimum absolute atomic E-state index is 0.0637. The van der Waals surface area contributed by atoms with E-state index in [0.29, 0.717) is 10.2 Å². The minimum atomic E-state index is -4.09. The number of nitrogens with zero attached hydrogens (tertiary/aromatic N) is 2. The van der Waals surface area contributed by atoms with E-state index in [-0.39, 0.29) is 23.4 Å². The number of carbonyl (C=O) groups excluding carboxylic acids is 2. The van der Waals surface area contributed by atoms with E-state index in [2.05, 4.69) is 37.2 Å². The van der Waals surface area contributed by atoms with Crippen LogP contribution in [0.4, 0.5) is 5.69 Å². The van der Waals surface area contributed by atoms with Gasteiger partial charge in [0.25, 0.3) is 10.0 Å². The Bertz CT molecular complexity index is 1350. The number of carbonyl (C=O) groups is 2. The molecule has 0 aromatic heterocycles. The molecule has 2 atom stereocenters. The van der Waals surface area contributed by atoms with Crippen LogP contribution in [0.25, 0.3) is 0 Å². The van der Waals surface area contributed by atoms with Crippen LogP contribution in [0.3, 0.4) is 0 Å². The van der Waals surface area contributed by atoms with Crippen molar-refractivity contribution in [3.63, 3.8) is 0 Å². The number of benzene rings is 3. The number of nitrogens with one attached hydrogen (secondary N) is 1. The Morgan fingerprint density at radius 2 is 1.55 bits per heavy atom. The lowest BCUT2D eigenvalue weighted by Crippen LogP contribution is -2.52. The van der Waals surface area contributed by atoms with Gasteiger partial charge < -0.3 is 10.2 Å². The Balaban J connectivity index is 2.01. The Morgan fingerprint density at radius 1 is 0.895 bits per heavy atom. The molecule has 0 bridgehead atoms. The molecule has 0 aliphatic rings. The zero-order valence-corrected chi connectivity index (χ0v) is 25.5. The van der Waals surface area contributed by atoms with Crippen LogP contribution >= 0.6 is 31.9 Å². The molecule has 0 spiro atoms. The van der Waals surface area contributed by atoms with Crippen LogP contribution in [-0.2, 0) is 26.2 Å². The average Bonchev–Trinajstić information content (AvgIpc) is 2.91. The maximum atomic E-state index is 13.9.